The minimum Gasteiger partial charge on any atom is -0.346 e. The number of rotatable bonds is 3. The topological polar surface area (TPSA) is 0 Å². The van der Waals surface area contributed by atoms with Gasteiger partial charge in [0.25, 0.3) is 0 Å². The summed E-state index contributed by atoms with van der Waals surface area (Å²) in [5.41, 5.74) is 0. The molecule has 0 spiro atoms. The Morgan fingerprint density at radius 3 is 0.231 bits per heavy atom. The third-order valence-electron chi connectivity index (χ3n) is 0.750. The molecule has 0 unspecified atom stereocenters. The van der Waals surface area contributed by atoms with Crippen molar-refractivity contribution in [3.8, 4) is 0 Å². The van der Waals surface area contributed by atoms with Gasteiger partial charge in [0, 0.05) is 458 Å². The summed E-state index contributed by atoms with van der Waals surface area (Å²) in [4.78, 5) is 0. The van der Waals surface area contributed by atoms with Crippen LogP contribution in [0.2, 0.25) is 0 Å². The maximum atomic E-state index is 3.54. The van der Waals surface area contributed by atoms with Gasteiger partial charge >= 0.3 is 0 Å². The Morgan fingerprint density at radius 2 is 0.231 bits per heavy atom. The first-order valence-electron chi connectivity index (χ1n) is 4.50. The Hall–Kier alpha value is 15.5. The van der Waals surface area contributed by atoms with E-state index in [-0.39, 0.29) is 458 Å². The molecule has 0 aromatic heterocycles. The Morgan fingerprint density at radius 1 is 0.192 bits per heavy atom. The first-order valence-corrected chi connectivity index (χ1v) is 4.50. The monoisotopic (exact) mass is 1410 g/mol. The molecule has 0 rings (SSSR count). The third kappa shape index (κ3) is 171. The fraction of sp³-hybridized carbons (Fsp3) is 0.500. The van der Waals surface area contributed by atoms with Gasteiger partial charge in [-0.1, -0.05) is 0 Å². The average Bonchev–Trinajstić information content (AvgIpc) is 2.18. The van der Waals surface area contributed by atoms with E-state index >= 15 is 0 Å². The molecule has 0 aliphatic carbocycles. The summed E-state index contributed by atoms with van der Waals surface area (Å²) < 4.78 is 0. The van der Waals surface area contributed by atoms with Crippen LogP contribution < -0.4 is 0 Å². The van der Waals surface area contributed by atoms with Crippen LogP contribution >= 0.6 is 0 Å². The van der Waals surface area contributed by atoms with Gasteiger partial charge in [0.1, 0.15) is 0 Å². The summed E-state index contributed by atoms with van der Waals surface area (Å²) in [5.74, 6) is 0. The zero-order valence-corrected chi connectivity index (χ0v) is 56.3. The summed E-state index contributed by atoms with van der Waals surface area (Å²) in [7, 11) is 0. The quantitative estimate of drug-likeness (QED) is 0.372. The minimum atomic E-state index is 0. The first-order chi connectivity index (χ1) is 5.74. The van der Waals surface area contributed by atoms with E-state index in [9.17, 15) is 0 Å². The van der Waals surface area contributed by atoms with Gasteiger partial charge in [0.05, 0.1) is 0 Å². The van der Waals surface area contributed by atoms with E-state index in [0.29, 0.717) is 0 Å². The van der Waals surface area contributed by atoms with E-state index in [0.717, 1.165) is 38.5 Å². The summed E-state index contributed by atoms with van der Waals surface area (Å²) in [6.45, 7) is 21.2. The zero-order valence-electron chi connectivity index (χ0n) is 16.6. The van der Waals surface area contributed by atoms with Gasteiger partial charge in [-0.2, -0.15) is 0 Å². The molecular weight excluding hydrogens is 1390 g/mol. The Kier molecular flexibility index (Phi) is 597. The molecule has 0 saturated heterocycles. The molecule has 0 N–H and O–H groups in total. The second kappa shape index (κ2) is 137. The van der Waals surface area contributed by atoms with E-state index in [1.807, 2.05) is 0 Å². The maximum Gasteiger partial charge on any atom is 0 e. The van der Waals surface area contributed by atoms with E-state index < -0.39 is 0 Å². The van der Waals surface area contributed by atoms with Crippen molar-refractivity contribution in [2.24, 2.45) is 0 Å². The molecule has 0 amide bonds. The van der Waals surface area contributed by atoms with Crippen molar-refractivity contribution in [2.75, 3.05) is 0 Å². The second-order valence-electron chi connectivity index (χ2n) is 2.12. The number of hydrogen-bond donors (Lipinski definition) is 0. The van der Waals surface area contributed by atoms with Crippen LogP contribution in [-0.4, -0.2) is 0 Å². The van der Waals surface area contributed by atoms with Crippen molar-refractivity contribution in [1.82, 2.24) is 0 Å². The smallest absolute Gasteiger partial charge is 0 e. The van der Waals surface area contributed by atoms with Crippen LogP contribution in [0.5, 0.6) is 0 Å². The van der Waals surface area contributed by atoms with Gasteiger partial charge < -0.3 is 41.5 Å². The molecule has 26 heavy (non-hydrogen) atoms. The SMILES string of the molecule is [CH2-]CC[CH2-].[CH2-]CC[CH2-].[CH2-]CC[CH2-].[Y].[Y].[Y].[Y].[Y].[Y].[Y].[Y].[Y].[Y].[Y].[Y].[Y].[Y]. The van der Waals surface area contributed by atoms with Gasteiger partial charge in [-0.25, -0.2) is 38.5 Å². The maximum absolute atomic E-state index is 3.54. The molecule has 0 fully saturated rings. The predicted octanol–water partition coefficient (Wildman–Crippen LogP) is 4.27. The first kappa shape index (κ1) is 113. The molecule has 0 aliphatic heterocycles. The number of unbranched alkanes of at least 4 members (excludes halogenated alkanes) is 3. The van der Waals surface area contributed by atoms with Crippen LogP contribution in [0.25, 0.3) is 0 Å². The average molecular weight is 1410 g/mol. The van der Waals surface area contributed by atoms with Crippen molar-refractivity contribution in [3.63, 3.8) is 0 Å². The van der Waals surface area contributed by atoms with Gasteiger partial charge in [0.15, 0.2) is 0 Å². The number of hydrogen-bond acceptors (Lipinski definition) is 0. The summed E-state index contributed by atoms with van der Waals surface area (Å²) in [5, 5.41) is 0. The summed E-state index contributed by atoms with van der Waals surface area (Å²) in [6.07, 6.45) is 5.75. The summed E-state index contributed by atoms with van der Waals surface area (Å²) >= 11 is 0. The van der Waals surface area contributed by atoms with Crippen molar-refractivity contribution in [2.45, 2.75) is 38.5 Å². The Labute approximate surface area is 520 Å². The predicted molar refractivity (Wildman–Crippen MR) is 59.8 cm³/mol. The van der Waals surface area contributed by atoms with Crippen LogP contribution in [0.1, 0.15) is 38.5 Å². The van der Waals surface area contributed by atoms with Crippen LogP contribution in [0.3, 0.4) is 0 Å². The summed E-state index contributed by atoms with van der Waals surface area (Å²) in [6, 6.07) is 0. The van der Waals surface area contributed by atoms with Crippen LogP contribution in [0.4, 0.5) is 0 Å². The molecule has 0 aromatic rings. The van der Waals surface area contributed by atoms with Crippen molar-refractivity contribution in [3.05, 3.63) is 41.5 Å². The van der Waals surface area contributed by atoms with Crippen molar-refractivity contribution >= 4 is 0 Å². The molecule has 0 nitrogen and oxygen atoms in total. The molecule has 0 atom stereocenters. The normalized spacial score (nSPS) is 3.46. The Bertz CT molecular complexity index is 41.4. The second-order valence-corrected chi connectivity index (χ2v) is 2.12. The zero-order chi connectivity index (χ0) is 10.2. The molecule has 0 bridgehead atoms. The molecule has 0 saturated carbocycles. The molecule has 120 valence electrons. The third-order valence-corrected chi connectivity index (χ3v) is 0.750. The standard InChI is InChI=1S/3C4H8.14Y/c3*1-3-4-2;;;;;;;;;;;;;;/h3*1-4H2;;;;;;;;;;;;;;/q3*-2;;;;;;;;;;;;;;. The van der Waals surface area contributed by atoms with Crippen LogP contribution in [0.15, 0.2) is 0 Å². The fourth-order valence-electron chi connectivity index (χ4n) is 0. The van der Waals surface area contributed by atoms with E-state index in [1.165, 1.54) is 0 Å². The fourth-order valence-corrected chi connectivity index (χ4v) is 0. The van der Waals surface area contributed by atoms with Crippen molar-refractivity contribution < 1.29 is 458 Å². The minimum absolute atomic E-state index is 0. The molecule has 0 aliphatic rings. The molecule has 14 heteroatoms. The van der Waals surface area contributed by atoms with Gasteiger partial charge in [-0.3, -0.25) is 0 Å². The van der Waals surface area contributed by atoms with Crippen molar-refractivity contribution in [1.29, 1.82) is 0 Å². The molecule has 14 radical (unpaired) electrons. The Balaban J connectivity index is -0.00000000245. The van der Waals surface area contributed by atoms with E-state index in [2.05, 4.69) is 41.5 Å². The van der Waals surface area contributed by atoms with Crippen LogP contribution in [-0.2, 0) is 458 Å². The van der Waals surface area contributed by atoms with Crippen LogP contribution in [0, 0.1) is 41.5 Å². The molecular formula is C12H24Y14-6. The van der Waals surface area contributed by atoms with E-state index in [1.54, 1.807) is 0 Å². The van der Waals surface area contributed by atoms with Gasteiger partial charge in [0.2, 0.25) is 0 Å². The largest absolute Gasteiger partial charge is 0.346 e. The molecule has 0 heterocycles. The van der Waals surface area contributed by atoms with Gasteiger partial charge in [-0.05, 0) is 0 Å². The molecule has 0 aromatic carbocycles. The van der Waals surface area contributed by atoms with E-state index in [4.69, 9.17) is 0 Å². The van der Waals surface area contributed by atoms with Gasteiger partial charge in [-0.15, -0.1) is 0 Å².